The van der Waals surface area contributed by atoms with Gasteiger partial charge in [-0.3, -0.25) is 4.90 Å². The topological polar surface area (TPSA) is 43.7 Å². The van der Waals surface area contributed by atoms with Crippen LogP contribution in [-0.2, 0) is 0 Å². The second-order valence-electron chi connectivity index (χ2n) is 3.68. The second kappa shape index (κ2) is 4.21. The highest BCUT2D eigenvalue weighted by atomic mass is 16.3. The standard InChI is InChI=1S/C9H19NO2/c1-3-7(2)10-5-4-8(11)9(12)6-10/h7-9,11-12H,3-6H2,1-2H3/t7?,8-,9+/m1/s1. The van der Waals surface area contributed by atoms with Gasteiger partial charge in [-0.2, -0.15) is 0 Å². The molecule has 72 valence electrons. The van der Waals surface area contributed by atoms with Crippen LogP contribution in [0.25, 0.3) is 0 Å². The van der Waals surface area contributed by atoms with Gasteiger partial charge in [0.1, 0.15) is 0 Å². The first-order valence-electron chi connectivity index (χ1n) is 4.75. The molecule has 3 heteroatoms. The lowest BCUT2D eigenvalue weighted by Crippen LogP contribution is -2.49. The van der Waals surface area contributed by atoms with Gasteiger partial charge in [0.05, 0.1) is 12.2 Å². The summed E-state index contributed by atoms with van der Waals surface area (Å²) < 4.78 is 0. The molecular weight excluding hydrogens is 154 g/mol. The number of hydrogen-bond acceptors (Lipinski definition) is 3. The molecule has 0 spiro atoms. The van der Waals surface area contributed by atoms with E-state index in [0.29, 0.717) is 19.0 Å². The Morgan fingerprint density at radius 3 is 2.58 bits per heavy atom. The zero-order valence-corrected chi connectivity index (χ0v) is 7.90. The van der Waals surface area contributed by atoms with Crippen molar-refractivity contribution in [1.82, 2.24) is 4.90 Å². The number of piperidine rings is 1. The number of β-amino-alcohol motifs (C(OH)–C–C–N with tert-alkyl or cyclic N) is 1. The van der Waals surface area contributed by atoms with Crippen molar-refractivity contribution in [1.29, 1.82) is 0 Å². The van der Waals surface area contributed by atoms with Crippen molar-refractivity contribution >= 4 is 0 Å². The summed E-state index contributed by atoms with van der Waals surface area (Å²) in [5, 5.41) is 18.7. The van der Waals surface area contributed by atoms with Crippen LogP contribution in [0.1, 0.15) is 26.7 Å². The molecule has 0 saturated carbocycles. The first kappa shape index (κ1) is 9.96. The van der Waals surface area contributed by atoms with Gasteiger partial charge in [-0.25, -0.2) is 0 Å². The lowest BCUT2D eigenvalue weighted by molar-refractivity contribution is -0.0477. The molecule has 1 rings (SSSR count). The Hall–Kier alpha value is -0.120. The fraction of sp³-hybridized carbons (Fsp3) is 1.00. The molecule has 1 unspecified atom stereocenters. The van der Waals surface area contributed by atoms with Gasteiger partial charge >= 0.3 is 0 Å². The summed E-state index contributed by atoms with van der Waals surface area (Å²) in [4.78, 5) is 2.23. The van der Waals surface area contributed by atoms with Crippen molar-refractivity contribution < 1.29 is 10.2 Å². The fourth-order valence-electron chi connectivity index (χ4n) is 1.60. The zero-order chi connectivity index (χ0) is 9.14. The van der Waals surface area contributed by atoms with Gasteiger partial charge in [0, 0.05) is 19.1 Å². The van der Waals surface area contributed by atoms with Gasteiger partial charge in [0.2, 0.25) is 0 Å². The Balaban J connectivity index is 2.39. The Kier molecular flexibility index (Phi) is 3.50. The summed E-state index contributed by atoms with van der Waals surface area (Å²) >= 11 is 0. The highest BCUT2D eigenvalue weighted by molar-refractivity contribution is 4.81. The van der Waals surface area contributed by atoms with E-state index in [4.69, 9.17) is 0 Å². The van der Waals surface area contributed by atoms with Crippen LogP contribution in [0.2, 0.25) is 0 Å². The summed E-state index contributed by atoms with van der Waals surface area (Å²) in [6, 6.07) is 0.521. The van der Waals surface area contributed by atoms with Crippen LogP contribution >= 0.6 is 0 Å². The third-order valence-electron chi connectivity index (χ3n) is 2.79. The van der Waals surface area contributed by atoms with Gasteiger partial charge in [0.15, 0.2) is 0 Å². The predicted octanol–water partition coefficient (Wildman–Crippen LogP) is 0.212. The number of nitrogens with zero attached hydrogens (tertiary/aromatic N) is 1. The van der Waals surface area contributed by atoms with E-state index in [1.54, 1.807) is 0 Å². The molecule has 0 aliphatic carbocycles. The molecule has 2 N–H and O–H groups in total. The summed E-state index contributed by atoms with van der Waals surface area (Å²) in [5.41, 5.74) is 0. The van der Waals surface area contributed by atoms with E-state index >= 15 is 0 Å². The third kappa shape index (κ3) is 2.19. The van der Waals surface area contributed by atoms with Crippen molar-refractivity contribution in [3.05, 3.63) is 0 Å². The van der Waals surface area contributed by atoms with E-state index < -0.39 is 12.2 Å². The van der Waals surface area contributed by atoms with Crippen molar-refractivity contribution in [2.45, 2.75) is 44.9 Å². The van der Waals surface area contributed by atoms with Crippen LogP contribution in [0.5, 0.6) is 0 Å². The van der Waals surface area contributed by atoms with E-state index in [0.717, 1.165) is 13.0 Å². The maximum absolute atomic E-state index is 9.40. The Labute approximate surface area is 74.0 Å². The Morgan fingerprint density at radius 2 is 2.08 bits per heavy atom. The van der Waals surface area contributed by atoms with Crippen LogP contribution in [0.3, 0.4) is 0 Å². The molecule has 0 bridgehead atoms. The smallest absolute Gasteiger partial charge is 0.0926 e. The molecule has 12 heavy (non-hydrogen) atoms. The van der Waals surface area contributed by atoms with Crippen LogP contribution in [0.15, 0.2) is 0 Å². The molecule has 1 fully saturated rings. The highest BCUT2D eigenvalue weighted by Crippen LogP contribution is 2.14. The van der Waals surface area contributed by atoms with E-state index in [2.05, 4.69) is 18.7 Å². The Morgan fingerprint density at radius 1 is 1.42 bits per heavy atom. The SMILES string of the molecule is CCC(C)N1CC[C@@H](O)[C@@H](O)C1. The summed E-state index contributed by atoms with van der Waals surface area (Å²) in [6.45, 7) is 5.83. The molecule has 0 aromatic carbocycles. The molecule has 0 aromatic rings. The molecule has 0 aromatic heterocycles. The normalized spacial score (nSPS) is 35.0. The maximum Gasteiger partial charge on any atom is 0.0926 e. The lowest BCUT2D eigenvalue weighted by atomic mass is 10.0. The maximum atomic E-state index is 9.40. The largest absolute Gasteiger partial charge is 0.390 e. The summed E-state index contributed by atoms with van der Waals surface area (Å²) in [5.74, 6) is 0. The van der Waals surface area contributed by atoms with Crippen LogP contribution in [0, 0.1) is 0 Å². The first-order valence-corrected chi connectivity index (χ1v) is 4.75. The van der Waals surface area contributed by atoms with Crippen molar-refractivity contribution in [3.8, 4) is 0 Å². The summed E-state index contributed by atoms with van der Waals surface area (Å²) in [6.07, 6.45) is 0.743. The van der Waals surface area contributed by atoms with E-state index in [9.17, 15) is 10.2 Å². The van der Waals surface area contributed by atoms with Gasteiger partial charge in [-0.05, 0) is 19.8 Å². The lowest BCUT2D eigenvalue weighted by Gasteiger charge is -2.36. The van der Waals surface area contributed by atoms with Crippen LogP contribution in [-0.4, -0.2) is 46.5 Å². The molecule has 1 aliphatic heterocycles. The van der Waals surface area contributed by atoms with Crippen molar-refractivity contribution in [2.24, 2.45) is 0 Å². The van der Waals surface area contributed by atoms with E-state index in [1.165, 1.54) is 0 Å². The average Bonchev–Trinajstić information content (AvgIpc) is 2.08. The minimum absolute atomic E-state index is 0.509. The van der Waals surface area contributed by atoms with Crippen LogP contribution in [0.4, 0.5) is 0 Å². The van der Waals surface area contributed by atoms with Gasteiger partial charge in [0.25, 0.3) is 0 Å². The molecular formula is C9H19NO2. The first-order chi connectivity index (χ1) is 5.65. The van der Waals surface area contributed by atoms with Crippen molar-refractivity contribution in [2.75, 3.05) is 13.1 Å². The monoisotopic (exact) mass is 173 g/mol. The molecule has 0 amide bonds. The summed E-state index contributed by atoms with van der Waals surface area (Å²) in [7, 11) is 0. The second-order valence-corrected chi connectivity index (χ2v) is 3.68. The molecule has 1 aliphatic rings. The Bertz CT molecular complexity index is 140. The number of aliphatic hydroxyl groups excluding tert-OH is 2. The van der Waals surface area contributed by atoms with E-state index in [-0.39, 0.29) is 0 Å². The highest BCUT2D eigenvalue weighted by Gasteiger charge is 2.27. The quantitative estimate of drug-likeness (QED) is 0.627. The molecule has 1 saturated heterocycles. The minimum Gasteiger partial charge on any atom is -0.390 e. The number of rotatable bonds is 2. The van der Waals surface area contributed by atoms with Crippen molar-refractivity contribution in [3.63, 3.8) is 0 Å². The van der Waals surface area contributed by atoms with Crippen LogP contribution < -0.4 is 0 Å². The number of likely N-dealkylation sites (tertiary alicyclic amines) is 1. The minimum atomic E-state index is -0.548. The molecule has 0 radical (unpaired) electrons. The third-order valence-corrected chi connectivity index (χ3v) is 2.79. The van der Waals surface area contributed by atoms with Gasteiger partial charge in [-0.15, -0.1) is 0 Å². The molecule has 1 heterocycles. The molecule has 3 atom stereocenters. The molecule has 3 nitrogen and oxygen atoms in total. The predicted molar refractivity (Wildman–Crippen MR) is 48.0 cm³/mol. The average molecular weight is 173 g/mol. The number of hydrogen-bond donors (Lipinski definition) is 2. The van der Waals surface area contributed by atoms with E-state index in [1.807, 2.05) is 0 Å². The zero-order valence-electron chi connectivity index (χ0n) is 7.90. The fourth-order valence-corrected chi connectivity index (χ4v) is 1.60. The van der Waals surface area contributed by atoms with Gasteiger partial charge < -0.3 is 10.2 Å². The van der Waals surface area contributed by atoms with Gasteiger partial charge in [-0.1, -0.05) is 6.92 Å². The number of aliphatic hydroxyl groups is 2.